The van der Waals surface area contributed by atoms with Crippen LogP contribution in [0.25, 0.3) is 15.9 Å². The summed E-state index contributed by atoms with van der Waals surface area (Å²) in [5.41, 5.74) is 2.93. The molecule has 2 aromatic carbocycles. The highest BCUT2D eigenvalue weighted by Gasteiger charge is 2.13. The molecule has 5 nitrogen and oxygen atoms in total. The molecule has 0 spiro atoms. The van der Waals surface area contributed by atoms with Crippen molar-refractivity contribution < 1.29 is 4.42 Å². The molecule has 0 bridgehead atoms. The Morgan fingerprint density at radius 3 is 2.76 bits per heavy atom. The smallest absolute Gasteiger partial charge is 0.358 e. The van der Waals surface area contributed by atoms with Crippen molar-refractivity contribution in [3.63, 3.8) is 0 Å². The van der Waals surface area contributed by atoms with Crippen molar-refractivity contribution in [2.75, 3.05) is 0 Å². The van der Waals surface area contributed by atoms with Crippen molar-refractivity contribution in [2.24, 2.45) is 10.2 Å². The van der Waals surface area contributed by atoms with E-state index in [-0.39, 0.29) is 0 Å². The van der Waals surface area contributed by atoms with E-state index >= 15 is 0 Å². The van der Waals surface area contributed by atoms with Crippen LogP contribution < -0.4 is 0 Å². The predicted octanol–water partition coefficient (Wildman–Crippen LogP) is 4.84. The van der Waals surface area contributed by atoms with Gasteiger partial charge in [-0.05, 0) is 24.3 Å². The Bertz CT molecular complexity index is 830. The third-order valence-electron chi connectivity index (χ3n) is 2.98. The first-order valence-electron chi connectivity index (χ1n) is 6.46. The predicted molar refractivity (Wildman–Crippen MR) is 79.0 cm³/mol. The minimum atomic E-state index is -0.627. The van der Waals surface area contributed by atoms with E-state index < -0.39 is 6.17 Å². The summed E-state index contributed by atoms with van der Waals surface area (Å²) in [7, 11) is 0. The number of aryl methyl sites for hydroxylation is 1. The van der Waals surface area contributed by atoms with Gasteiger partial charge in [0.1, 0.15) is 5.52 Å². The van der Waals surface area contributed by atoms with E-state index in [0.29, 0.717) is 17.2 Å². The lowest BCUT2D eigenvalue weighted by Crippen LogP contribution is -1.86. The zero-order valence-electron chi connectivity index (χ0n) is 11.4. The molecule has 0 N–H and O–H groups in total. The summed E-state index contributed by atoms with van der Waals surface area (Å²) in [6.07, 6.45) is -0.627. The van der Waals surface area contributed by atoms with Crippen molar-refractivity contribution >= 4 is 16.8 Å². The van der Waals surface area contributed by atoms with Gasteiger partial charge in [-0.15, -0.1) is 5.11 Å². The van der Waals surface area contributed by atoms with Crippen molar-refractivity contribution in [2.45, 2.75) is 13.1 Å². The minimum absolute atomic E-state index is 0.613. The molecule has 1 heterocycles. The van der Waals surface area contributed by atoms with Crippen LogP contribution in [0.2, 0.25) is 0 Å². The number of nitrogens with zero attached hydrogens (tertiary/aromatic N) is 4. The molecule has 0 amide bonds. The van der Waals surface area contributed by atoms with Crippen molar-refractivity contribution in [3.8, 4) is 0 Å². The number of azo groups is 1. The van der Waals surface area contributed by atoms with E-state index in [1.165, 1.54) is 0 Å². The van der Waals surface area contributed by atoms with Crippen molar-refractivity contribution in [1.29, 1.82) is 0 Å². The molecular weight excluding hydrogens is 264 g/mol. The molecule has 0 fully saturated rings. The maximum atomic E-state index is 7.24. The molecule has 0 saturated heterocycles. The largest absolute Gasteiger partial charge is 0.441 e. The summed E-state index contributed by atoms with van der Waals surface area (Å²) >= 11 is 0. The topological polar surface area (TPSA) is 55.1 Å². The summed E-state index contributed by atoms with van der Waals surface area (Å²) in [5, 5.41) is 8.24. The van der Waals surface area contributed by atoms with Gasteiger partial charge in [0.05, 0.1) is 11.3 Å². The molecule has 1 aromatic heterocycles. The van der Waals surface area contributed by atoms with Gasteiger partial charge in [-0.25, -0.2) is 11.6 Å². The van der Waals surface area contributed by atoms with E-state index in [9.17, 15) is 0 Å². The van der Waals surface area contributed by atoms with E-state index in [4.69, 9.17) is 11.0 Å². The van der Waals surface area contributed by atoms with Gasteiger partial charge in [0.2, 0.25) is 0 Å². The molecule has 0 aliphatic heterocycles. The normalized spacial score (nSPS) is 12.6. The Kier molecular flexibility index (Phi) is 3.44. The number of benzene rings is 2. The van der Waals surface area contributed by atoms with Crippen LogP contribution in [0.5, 0.6) is 0 Å². The first-order chi connectivity index (χ1) is 10.3. The Morgan fingerprint density at radius 1 is 1.19 bits per heavy atom. The van der Waals surface area contributed by atoms with Gasteiger partial charge in [-0.3, -0.25) is 4.85 Å². The average Bonchev–Trinajstić information content (AvgIpc) is 2.88. The monoisotopic (exact) mass is 276 g/mol. The molecule has 3 rings (SSSR count). The summed E-state index contributed by atoms with van der Waals surface area (Å²) in [4.78, 5) is 7.72. The van der Waals surface area contributed by atoms with Gasteiger partial charge in [-0.1, -0.05) is 23.3 Å². The molecule has 0 saturated carbocycles. The lowest BCUT2D eigenvalue weighted by molar-refractivity contribution is 0.561. The molecule has 0 aliphatic rings. The van der Waals surface area contributed by atoms with Crippen LogP contribution in [0.4, 0.5) is 5.69 Å². The molecule has 21 heavy (non-hydrogen) atoms. The van der Waals surface area contributed by atoms with Gasteiger partial charge >= 0.3 is 6.17 Å². The molecular formula is C16H12N4O. The van der Waals surface area contributed by atoms with Crippen LogP contribution >= 0.6 is 0 Å². The molecule has 0 radical (unpaired) electrons. The summed E-state index contributed by atoms with van der Waals surface area (Å²) in [5.74, 6) is 0.613. The molecule has 5 heteroatoms. The van der Waals surface area contributed by atoms with Crippen LogP contribution in [0.1, 0.15) is 17.6 Å². The minimum Gasteiger partial charge on any atom is -0.441 e. The van der Waals surface area contributed by atoms with Crippen LogP contribution in [0.3, 0.4) is 0 Å². The average molecular weight is 276 g/mol. The number of fused-ring (bicyclic) bond motifs is 1. The van der Waals surface area contributed by atoms with Crippen molar-refractivity contribution in [1.82, 2.24) is 4.98 Å². The summed E-state index contributed by atoms with van der Waals surface area (Å²) in [6, 6.07) is 14.8. The number of oxazole rings is 1. The fourth-order valence-electron chi connectivity index (χ4n) is 2.00. The van der Waals surface area contributed by atoms with Crippen LogP contribution in [0.15, 0.2) is 63.2 Å². The molecule has 0 aliphatic carbocycles. The Labute approximate surface area is 121 Å². The first kappa shape index (κ1) is 13.0. The van der Waals surface area contributed by atoms with E-state index in [2.05, 4.69) is 20.1 Å². The fraction of sp³-hybridized carbons (Fsp3) is 0.125. The maximum absolute atomic E-state index is 7.24. The molecule has 102 valence electrons. The third-order valence-corrected chi connectivity index (χ3v) is 2.98. The summed E-state index contributed by atoms with van der Waals surface area (Å²) < 4.78 is 5.45. The number of rotatable bonds is 3. The highest BCUT2D eigenvalue weighted by Crippen LogP contribution is 2.25. The van der Waals surface area contributed by atoms with Crippen molar-refractivity contribution in [3.05, 3.63) is 71.4 Å². The SMILES string of the molecule is [C-]#[N+]C(N=Nc1ccc2nc(C)oc2c1)c1ccccc1. The second-order valence-electron chi connectivity index (χ2n) is 4.51. The fourth-order valence-corrected chi connectivity index (χ4v) is 2.00. The van der Waals surface area contributed by atoms with Gasteiger partial charge in [0.25, 0.3) is 0 Å². The Hall–Kier alpha value is -3.00. The zero-order chi connectivity index (χ0) is 14.7. The quantitative estimate of drug-likeness (QED) is 0.507. The third kappa shape index (κ3) is 2.79. The lowest BCUT2D eigenvalue weighted by atomic mass is 10.2. The number of hydrogen-bond acceptors (Lipinski definition) is 4. The van der Waals surface area contributed by atoms with Crippen LogP contribution in [-0.4, -0.2) is 4.98 Å². The first-order valence-corrected chi connectivity index (χ1v) is 6.46. The maximum Gasteiger partial charge on any atom is 0.358 e. The van der Waals surface area contributed by atoms with Crippen LogP contribution in [-0.2, 0) is 0 Å². The lowest BCUT2D eigenvalue weighted by Gasteiger charge is -1.98. The number of hydrogen-bond donors (Lipinski definition) is 0. The van der Waals surface area contributed by atoms with Gasteiger partial charge in [0.15, 0.2) is 11.5 Å². The highest BCUT2D eigenvalue weighted by molar-refractivity contribution is 5.76. The number of aromatic nitrogens is 1. The highest BCUT2D eigenvalue weighted by atomic mass is 16.3. The second kappa shape index (κ2) is 5.55. The Balaban J connectivity index is 1.88. The standard InChI is InChI=1S/C16H12N4O/c1-11-18-14-9-8-13(10-15(14)21-11)19-20-16(17-2)12-6-4-3-5-7-12/h3-10,16H,1H3. The van der Waals surface area contributed by atoms with E-state index in [1.54, 1.807) is 19.1 Å². The van der Waals surface area contributed by atoms with Gasteiger partial charge < -0.3 is 4.42 Å². The molecule has 1 unspecified atom stereocenters. The molecule has 1 atom stereocenters. The Morgan fingerprint density at radius 2 is 2.00 bits per heavy atom. The zero-order valence-corrected chi connectivity index (χ0v) is 11.4. The summed E-state index contributed by atoms with van der Waals surface area (Å²) in [6.45, 7) is 9.04. The van der Waals surface area contributed by atoms with Gasteiger partial charge in [-0.2, -0.15) is 0 Å². The second-order valence-corrected chi connectivity index (χ2v) is 4.51. The molecule has 3 aromatic rings. The van der Waals surface area contributed by atoms with E-state index in [0.717, 1.165) is 11.1 Å². The van der Waals surface area contributed by atoms with E-state index in [1.807, 2.05) is 36.4 Å². The van der Waals surface area contributed by atoms with Crippen LogP contribution in [0, 0.1) is 13.5 Å². The van der Waals surface area contributed by atoms with Gasteiger partial charge in [0, 0.05) is 13.0 Å².